The number of nitrogens with two attached hydrogens (primary N) is 4. The number of carbonyl (C=O) groups excluding carboxylic acids is 2. The lowest BCUT2D eigenvalue weighted by molar-refractivity contribution is -0.133. The van der Waals surface area contributed by atoms with Gasteiger partial charge in [-0.1, -0.05) is 12.8 Å². The molecule has 0 saturated heterocycles. The van der Waals surface area contributed by atoms with Crippen LogP contribution in [0.2, 0.25) is 0 Å². The number of hydrogen-bond acceptors (Lipinski definition) is 7. The van der Waals surface area contributed by atoms with E-state index >= 15 is 0 Å². The zero-order chi connectivity index (χ0) is 16.1. The highest BCUT2D eigenvalue weighted by molar-refractivity contribution is 6.12. The summed E-state index contributed by atoms with van der Waals surface area (Å²) in [5.74, 6) is -0.889. The number of carbonyl (C=O) groups is 2. The van der Waals surface area contributed by atoms with Crippen LogP contribution in [0.25, 0.3) is 0 Å². The number of nitrogens with one attached hydrogen (secondary N) is 1. The smallest absolute Gasteiger partial charge is 0.173 e. The number of ketones is 2. The van der Waals surface area contributed by atoms with Gasteiger partial charge in [0.15, 0.2) is 11.6 Å². The van der Waals surface area contributed by atoms with Gasteiger partial charge < -0.3 is 28.3 Å². The van der Waals surface area contributed by atoms with Gasteiger partial charge in [-0.3, -0.25) is 9.59 Å². The van der Waals surface area contributed by atoms with Gasteiger partial charge in [0.2, 0.25) is 0 Å². The van der Waals surface area contributed by atoms with E-state index in [1.54, 1.807) is 0 Å². The molecule has 21 heavy (non-hydrogen) atoms. The average Bonchev–Trinajstić information content (AvgIpc) is 2.51. The summed E-state index contributed by atoms with van der Waals surface area (Å²) < 4.78 is 0. The first-order chi connectivity index (χ1) is 10.0. The van der Waals surface area contributed by atoms with Crippen LogP contribution in [-0.2, 0) is 9.59 Å². The van der Waals surface area contributed by atoms with E-state index in [0.29, 0.717) is 13.0 Å². The molecule has 0 spiro atoms. The molecule has 0 fully saturated rings. The van der Waals surface area contributed by atoms with Gasteiger partial charge in [-0.25, -0.2) is 0 Å². The molecule has 0 atom stereocenters. The maximum Gasteiger partial charge on any atom is 0.173 e. The Hall–Kier alpha value is -0.860. The third-order valence-corrected chi connectivity index (χ3v) is 3.60. The highest BCUT2D eigenvalue weighted by atomic mass is 16.2. The third kappa shape index (κ3) is 7.63. The second kappa shape index (κ2) is 11.8. The number of unbranched alkanes of at least 4 members (excludes halogenated alkanes) is 3. The number of Topliss-reactive ketones (excluding diaryl/α,β-unsaturated/α-hetero) is 2. The number of rotatable bonds is 14. The van der Waals surface area contributed by atoms with Crippen LogP contribution in [0.1, 0.15) is 38.5 Å². The summed E-state index contributed by atoms with van der Waals surface area (Å²) in [5.41, 5.74) is 20.4. The predicted octanol–water partition coefficient (Wildman–Crippen LogP) is -1.37. The average molecular weight is 301 g/mol. The molecule has 0 heterocycles. The van der Waals surface area contributed by atoms with Crippen LogP contribution in [0.15, 0.2) is 0 Å². The van der Waals surface area contributed by atoms with E-state index in [9.17, 15) is 9.59 Å². The van der Waals surface area contributed by atoms with Crippen molar-refractivity contribution in [2.45, 2.75) is 44.1 Å². The fourth-order valence-corrected chi connectivity index (χ4v) is 2.16. The lowest BCUT2D eigenvalue weighted by Crippen LogP contribution is -2.59. The molecule has 0 aliphatic carbocycles. The normalized spacial score (nSPS) is 11.6. The van der Waals surface area contributed by atoms with E-state index in [4.69, 9.17) is 22.9 Å². The second-order valence-corrected chi connectivity index (χ2v) is 5.28. The minimum atomic E-state index is -1.52. The molecule has 7 nitrogen and oxygen atoms in total. The maximum atomic E-state index is 11.7. The molecule has 0 unspecified atom stereocenters. The lowest BCUT2D eigenvalue weighted by atomic mass is 9.85. The monoisotopic (exact) mass is 301 g/mol. The Morgan fingerprint density at radius 3 is 1.86 bits per heavy atom. The first-order valence-corrected chi connectivity index (χ1v) is 7.69. The van der Waals surface area contributed by atoms with Crippen molar-refractivity contribution in [2.24, 2.45) is 22.9 Å². The van der Waals surface area contributed by atoms with E-state index in [0.717, 1.165) is 38.8 Å². The quantitative estimate of drug-likeness (QED) is 0.196. The summed E-state index contributed by atoms with van der Waals surface area (Å²) >= 11 is 0. The van der Waals surface area contributed by atoms with Crippen molar-refractivity contribution in [2.75, 3.05) is 32.7 Å². The van der Waals surface area contributed by atoms with Crippen LogP contribution in [0.4, 0.5) is 0 Å². The zero-order valence-corrected chi connectivity index (χ0v) is 12.9. The van der Waals surface area contributed by atoms with Gasteiger partial charge in [-0.05, 0) is 45.3 Å². The molecule has 9 N–H and O–H groups in total. The third-order valence-electron chi connectivity index (χ3n) is 3.60. The topological polar surface area (TPSA) is 150 Å². The highest BCUT2D eigenvalue weighted by Crippen LogP contribution is 2.12. The molecular formula is C14H31N5O2. The maximum absolute atomic E-state index is 11.7. The summed E-state index contributed by atoms with van der Waals surface area (Å²) in [6.07, 6.45) is 5.38. The Morgan fingerprint density at radius 1 is 0.810 bits per heavy atom. The Balaban J connectivity index is 3.90. The van der Waals surface area contributed by atoms with Gasteiger partial charge in [-0.15, -0.1) is 0 Å². The van der Waals surface area contributed by atoms with Gasteiger partial charge in [0.1, 0.15) is 5.54 Å². The minimum absolute atomic E-state index is 0.239. The van der Waals surface area contributed by atoms with Gasteiger partial charge in [0.05, 0.1) is 13.1 Å². The number of hydrogen-bond donors (Lipinski definition) is 5. The van der Waals surface area contributed by atoms with Crippen molar-refractivity contribution < 1.29 is 9.59 Å². The van der Waals surface area contributed by atoms with Crippen LogP contribution >= 0.6 is 0 Å². The summed E-state index contributed by atoms with van der Waals surface area (Å²) in [6.45, 7) is 1.90. The zero-order valence-electron chi connectivity index (χ0n) is 12.9. The molecule has 0 aromatic heterocycles. The lowest BCUT2D eigenvalue weighted by Gasteiger charge is -2.25. The summed E-state index contributed by atoms with van der Waals surface area (Å²) in [4.78, 5) is 23.5. The Bertz CT molecular complexity index is 294. The van der Waals surface area contributed by atoms with Crippen LogP contribution in [0, 0.1) is 0 Å². The molecular weight excluding hydrogens is 270 g/mol. The molecule has 0 radical (unpaired) electrons. The van der Waals surface area contributed by atoms with Crippen molar-refractivity contribution in [3.63, 3.8) is 0 Å². The molecule has 0 aliphatic rings. The fraction of sp³-hybridized carbons (Fsp3) is 0.857. The molecule has 0 aromatic rings. The van der Waals surface area contributed by atoms with Gasteiger partial charge in [-0.2, -0.15) is 0 Å². The summed E-state index contributed by atoms with van der Waals surface area (Å²) in [7, 11) is 0. The Morgan fingerprint density at radius 2 is 1.33 bits per heavy atom. The van der Waals surface area contributed by atoms with Crippen molar-refractivity contribution in [3.05, 3.63) is 0 Å². The summed E-state index contributed by atoms with van der Waals surface area (Å²) in [6, 6.07) is 0. The molecule has 124 valence electrons. The van der Waals surface area contributed by atoms with Crippen LogP contribution in [0.5, 0.6) is 0 Å². The van der Waals surface area contributed by atoms with Crippen LogP contribution < -0.4 is 28.3 Å². The van der Waals surface area contributed by atoms with Crippen molar-refractivity contribution in [1.29, 1.82) is 0 Å². The van der Waals surface area contributed by atoms with Gasteiger partial charge >= 0.3 is 0 Å². The summed E-state index contributed by atoms with van der Waals surface area (Å²) in [5, 5.41) is 3.28. The van der Waals surface area contributed by atoms with E-state index in [1.807, 2.05) is 0 Å². The second-order valence-electron chi connectivity index (χ2n) is 5.28. The largest absolute Gasteiger partial charge is 0.330 e. The molecule has 0 amide bonds. The molecule has 7 heteroatoms. The molecule has 0 rings (SSSR count). The van der Waals surface area contributed by atoms with Crippen molar-refractivity contribution in [3.8, 4) is 0 Å². The van der Waals surface area contributed by atoms with E-state index in [1.165, 1.54) is 0 Å². The van der Waals surface area contributed by atoms with Crippen molar-refractivity contribution in [1.82, 2.24) is 5.32 Å². The minimum Gasteiger partial charge on any atom is -0.330 e. The highest BCUT2D eigenvalue weighted by Gasteiger charge is 2.38. The van der Waals surface area contributed by atoms with Crippen molar-refractivity contribution >= 4 is 11.6 Å². The molecule has 0 aliphatic heterocycles. The first kappa shape index (κ1) is 20.1. The Labute approximate surface area is 127 Å². The first-order valence-electron chi connectivity index (χ1n) is 7.69. The van der Waals surface area contributed by atoms with E-state index in [-0.39, 0.29) is 19.5 Å². The van der Waals surface area contributed by atoms with Gasteiger partial charge in [0.25, 0.3) is 0 Å². The van der Waals surface area contributed by atoms with Crippen LogP contribution in [-0.4, -0.2) is 49.8 Å². The van der Waals surface area contributed by atoms with Crippen LogP contribution in [0.3, 0.4) is 0 Å². The van der Waals surface area contributed by atoms with Gasteiger partial charge in [0, 0.05) is 0 Å². The van der Waals surface area contributed by atoms with E-state index < -0.39 is 17.1 Å². The molecule has 0 saturated carbocycles. The fourth-order valence-electron chi connectivity index (χ4n) is 2.16. The SMILES string of the molecule is NCCCCCCNCCCC(N)(C(=O)CN)C(=O)CN. The predicted molar refractivity (Wildman–Crippen MR) is 84.7 cm³/mol. The molecule has 0 bridgehead atoms. The van der Waals surface area contributed by atoms with E-state index in [2.05, 4.69) is 5.32 Å². The Kier molecular flexibility index (Phi) is 11.3. The standard InChI is InChI=1S/C14H31N5O2/c15-7-3-1-2-4-8-19-9-5-6-14(18,12(20)10-16)13(21)11-17/h19H,1-11,15-18H2. The molecule has 0 aromatic carbocycles.